The van der Waals surface area contributed by atoms with Crippen LogP contribution in [-0.2, 0) is 29.1 Å². The van der Waals surface area contributed by atoms with E-state index in [4.69, 9.17) is 4.74 Å². The molecule has 0 heterocycles. The van der Waals surface area contributed by atoms with Crippen LogP contribution in [0, 0.1) is 5.82 Å². The summed E-state index contributed by atoms with van der Waals surface area (Å²) in [6.07, 6.45) is 0.862. The summed E-state index contributed by atoms with van der Waals surface area (Å²) in [4.78, 5) is 27.6. The maximum absolute atomic E-state index is 13.3. The maximum atomic E-state index is 13.3. The first-order valence-corrected chi connectivity index (χ1v) is 10.9. The summed E-state index contributed by atoms with van der Waals surface area (Å²) >= 11 is 0. The van der Waals surface area contributed by atoms with Crippen LogP contribution in [0.25, 0.3) is 0 Å². The van der Waals surface area contributed by atoms with Crippen LogP contribution in [-0.4, -0.2) is 29.9 Å². The molecule has 33 heavy (non-hydrogen) atoms. The second kappa shape index (κ2) is 11.8. The number of nitrogens with one attached hydrogen (secondary N) is 1. The highest BCUT2D eigenvalue weighted by molar-refractivity contribution is 5.87. The Morgan fingerprint density at radius 1 is 0.909 bits per heavy atom. The SMILES string of the molecule is COc1ccc(CNC(=O)[C@H](C)N(Cc2ccc(F)cc2)C(=O)CCc2ccccc2)cc1. The molecule has 3 rings (SSSR count). The minimum atomic E-state index is -0.684. The molecule has 0 saturated carbocycles. The average molecular weight is 449 g/mol. The Bertz CT molecular complexity index is 1040. The zero-order valence-corrected chi connectivity index (χ0v) is 19.0. The Morgan fingerprint density at radius 2 is 1.55 bits per heavy atom. The third kappa shape index (κ3) is 7.17. The van der Waals surface area contributed by atoms with Gasteiger partial charge in [-0.1, -0.05) is 54.6 Å². The lowest BCUT2D eigenvalue weighted by molar-refractivity contribution is -0.140. The predicted molar refractivity (Wildman–Crippen MR) is 126 cm³/mol. The summed E-state index contributed by atoms with van der Waals surface area (Å²) in [5.41, 5.74) is 2.75. The molecular weight excluding hydrogens is 419 g/mol. The number of carbonyl (C=O) groups is 2. The van der Waals surface area contributed by atoms with Crippen LogP contribution in [0.1, 0.15) is 30.0 Å². The van der Waals surface area contributed by atoms with Gasteiger partial charge in [0.15, 0.2) is 0 Å². The topological polar surface area (TPSA) is 58.6 Å². The van der Waals surface area contributed by atoms with Gasteiger partial charge >= 0.3 is 0 Å². The van der Waals surface area contributed by atoms with E-state index in [1.54, 1.807) is 31.1 Å². The maximum Gasteiger partial charge on any atom is 0.242 e. The minimum absolute atomic E-state index is 0.129. The highest BCUT2D eigenvalue weighted by Gasteiger charge is 2.25. The van der Waals surface area contributed by atoms with E-state index in [0.717, 1.165) is 22.4 Å². The van der Waals surface area contributed by atoms with Gasteiger partial charge in [-0.15, -0.1) is 0 Å². The third-order valence-electron chi connectivity index (χ3n) is 5.53. The number of rotatable bonds is 10. The van der Waals surface area contributed by atoms with Gasteiger partial charge in [-0.2, -0.15) is 0 Å². The van der Waals surface area contributed by atoms with E-state index in [0.29, 0.717) is 13.0 Å². The number of hydrogen-bond acceptors (Lipinski definition) is 3. The first kappa shape index (κ1) is 24.0. The van der Waals surface area contributed by atoms with Gasteiger partial charge in [-0.05, 0) is 54.3 Å². The molecule has 0 bridgehead atoms. The van der Waals surface area contributed by atoms with E-state index in [9.17, 15) is 14.0 Å². The number of methoxy groups -OCH3 is 1. The first-order valence-electron chi connectivity index (χ1n) is 10.9. The second-order valence-corrected chi connectivity index (χ2v) is 7.88. The van der Waals surface area contributed by atoms with Crippen LogP contribution < -0.4 is 10.1 Å². The predicted octanol–water partition coefficient (Wildman–Crippen LogP) is 4.50. The molecule has 0 saturated heterocycles. The molecule has 0 unspecified atom stereocenters. The smallest absolute Gasteiger partial charge is 0.242 e. The van der Waals surface area contributed by atoms with Gasteiger partial charge in [0, 0.05) is 19.5 Å². The van der Waals surface area contributed by atoms with Crippen molar-refractivity contribution >= 4 is 11.8 Å². The molecular formula is C27H29FN2O3. The highest BCUT2D eigenvalue weighted by Crippen LogP contribution is 2.15. The van der Waals surface area contributed by atoms with Crippen LogP contribution in [0.5, 0.6) is 5.75 Å². The highest BCUT2D eigenvalue weighted by atomic mass is 19.1. The van der Waals surface area contributed by atoms with E-state index in [2.05, 4.69) is 5.32 Å². The average Bonchev–Trinajstić information content (AvgIpc) is 2.86. The van der Waals surface area contributed by atoms with E-state index in [-0.39, 0.29) is 30.6 Å². The number of amides is 2. The van der Waals surface area contributed by atoms with Gasteiger partial charge in [0.1, 0.15) is 17.6 Å². The molecule has 0 spiro atoms. The molecule has 2 amide bonds. The fraction of sp³-hybridized carbons (Fsp3) is 0.259. The van der Waals surface area contributed by atoms with Crippen molar-refractivity contribution in [3.8, 4) is 5.75 Å². The quantitative estimate of drug-likeness (QED) is 0.497. The van der Waals surface area contributed by atoms with Gasteiger partial charge in [0.05, 0.1) is 7.11 Å². The van der Waals surface area contributed by atoms with E-state index in [1.807, 2.05) is 54.6 Å². The fourth-order valence-corrected chi connectivity index (χ4v) is 3.49. The largest absolute Gasteiger partial charge is 0.497 e. The summed E-state index contributed by atoms with van der Waals surface area (Å²) in [5, 5.41) is 2.91. The lowest BCUT2D eigenvalue weighted by Crippen LogP contribution is -2.47. The van der Waals surface area contributed by atoms with Gasteiger partial charge in [-0.3, -0.25) is 9.59 Å². The van der Waals surface area contributed by atoms with Crippen LogP contribution in [0.15, 0.2) is 78.9 Å². The molecule has 0 fully saturated rings. The fourth-order valence-electron chi connectivity index (χ4n) is 3.49. The zero-order chi connectivity index (χ0) is 23.6. The second-order valence-electron chi connectivity index (χ2n) is 7.88. The summed E-state index contributed by atoms with van der Waals surface area (Å²) in [7, 11) is 1.60. The normalized spacial score (nSPS) is 11.5. The third-order valence-corrected chi connectivity index (χ3v) is 5.53. The summed E-state index contributed by atoms with van der Waals surface area (Å²) in [6.45, 7) is 2.29. The Hall–Kier alpha value is -3.67. The Labute approximate surface area is 194 Å². The molecule has 5 nitrogen and oxygen atoms in total. The number of aryl methyl sites for hydroxylation is 1. The summed E-state index contributed by atoms with van der Waals surface area (Å²) < 4.78 is 18.5. The zero-order valence-electron chi connectivity index (χ0n) is 19.0. The van der Waals surface area contributed by atoms with Gasteiger partial charge in [0.25, 0.3) is 0 Å². The molecule has 0 radical (unpaired) electrons. The van der Waals surface area contributed by atoms with Crippen LogP contribution in [0.2, 0.25) is 0 Å². The number of hydrogen-bond donors (Lipinski definition) is 1. The molecule has 172 valence electrons. The van der Waals surface area contributed by atoms with Crippen molar-refractivity contribution in [1.29, 1.82) is 0 Å². The first-order chi connectivity index (χ1) is 16.0. The molecule has 6 heteroatoms. The van der Waals surface area contributed by atoms with Gasteiger partial charge in [-0.25, -0.2) is 4.39 Å². The van der Waals surface area contributed by atoms with Gasteiger partial charge in [0.2, 0.25) is 11.8 Å². The molecule has 3 aromatic rings. The summed E-state index contributed by atoms with van der Waals surface area (Å²) in [6, 6.07) is 22.5. The number of ether oxygens (including phenoxy) is 1. The minimum Gasteiger partial charge on any atom is -0.497 e. The lowest BCUT2D eigenvalue weighted by atomic mass is 10.1. The summed E-state index contributed by atoms with van der Waals surface area (Å²) in [5.74, 6) is 0.0233. The van der Waals surface area contributed by atoms with Crippen molar-refractivity contribution in [2.45, 2.75) is 38.9 Å². The molecule has 0 aliphatic rings. The van der Waals surface area contributed by atoms with Crippen LogP contribution in [0.3, 0.4) is 0 Å². The van der Waals surface area contributed by atoms with Crippen molar-refractivity contribution in [2.24, 2.45) is 0 Å². The molecule has 0 aliphatic carbocycles. The Kier molecular flexibility index (Phi) is 8.58. The van der Waals surface area contributed by atoms with Crippen LogP contribution >= 0.6 is 0 Å². The molecule has 0 aliphatic heterocycles. The van der Waals surface area contributed by atoms with Crippen LogP contribution in [0.4, 0.5) is 4.39 Å². The number of halogens is 1. The standard InChI is InChI=1S/C27H29FN2O3/c1-20(27(32)29-18-22-10-15-25(33-2)16-11-22)30(19-23-8-13-24(28)14-9-23)26(31)17-12-21-6-4-3-5-7-21/h3-11,13-16,20H,12,17-19H2,1-2H3,(H,29,32)/t20-/m0/s1. The van der Waals surface area contributed by atoms with Crippen molar-refractivity contribution in [3.63, 3.8) is 0 Å². The van der Waals surface area contributed by atoms with Crippen molar-refractivity contribution in [1.82, 2.24) is 10.2 Å². The molecule has 0 aromatic heterocycles. The van der Waals surface area contributed by atoms with Crippen molar-refractivity contribution < 1.29 is 18.7 Å². The number of nitrogens with zero attached hydrogens (tertiary/aromatic N) is 1. The molecule has 1 N–H and O–H groups in total. The lowest BCUT2D eigenvalue weighted by Gasteiger charge is -2.29. The van der Waals surface area contributed by atoms with E-state index >= 15 is 0 Å². The van der Waals surface area contributed by atoms with Crippen molar-refractivity contribution in [2.75, 3.05) is 7.11 Å². The number of carbonyl (C=O) groups excluding carboxylic acids is 2. The van der Waals surface area contributed by atoms with E-state index in [1.165, 1.54) is 12.1 Å². The van der Waals surface area contributed by atoms with Crippen molar-refractivity contribution in [3.05, 3.63) is 101 Å². The molecule has 1 atom stereocenters. The van der Waals surface area contributed by atoms with E-state index < -0.39 is 6.04 Å². The molecule has 3 aromatic carbocycles. The Balaban J connectivity index is 1.67. The van der Waals surface area contributed by atoms with Gasteiger partial charge < -0.3 is 15.0 Å². The monoisotopic (exact) mass is 448 g/mol. The number of benzene rings is 3. The Morgan fingerprint density at radius 3 is 2.18 bits per heavy atom.